The van der Waals surface area contributed by atoms with Crippen LogP contribution in [0.5, 0.6) is 0 Å². The Balaban J connectivity index is 1.98. The van der Waals surface area contributed by atoms with Crippen LogP contribution < -0.4 is 5.32 Å². The van der Waals surface area contributed by atoms with Gasteiger partial charge in [-0.15, -0.1) is 0 Å². The molecular formula is C13H18N2O4S. The normalized spacial score (nSPS) is 20.6. The molecule has 7 heteroatoms. The third-order valence-electron chi connectivity index (χ3n) is 3.29. The molecule has 2 rings (SSSR count). The van der Waals surface area contributed by atoms with Crippen molar-refractivity contribution in [3.8, 4) is 0 Å². The summed E-state index contributed by atoms with van der Waals surface area (Å²) in [5.74, 6) is -0.522. The van der Waals surface area contributed by atoms with E-state index in [1.807, 2.05) is 0 Å². The van der Waals surface area contributed by atoms with E-state index in [-0.39, 0.29) is 11.1 Å². The quantitative estimate of drug-likeness (QED) is 0.857. The van der Waals surface area contributed by atoms with Gasteiger partial charge in [0.25, 0.3) is 0 Å². The SMILES string of the molecule is CC(C(=O)NCC1CCCO1)S(=O)(=O)c1ccccn1. The number of sulfone groups is 1. The number of pyridine rings is 1. The van der Waals surface area contributed by atoms with Crippen LogP contribution in [0.2, 0.25) is 0 Å². The zero-order valence-electron chi connectivity index (χ0n) is 11.3. The lowest BCUT2D eigenvalue weighted by Gasteiger charge is -2.15. The number of carbonyl (C=O) groups is 1. The van der Waals surface area contributed by atoms with E-state index in [9.17, 15) is 13.2 Å². The van der Waals surface area contributed by atoms with Crippen molar-refractivity contribution in [3.63, 3.8) is 0 Å². The van der Waals surface area contributed by atoms with Crippen molar-refractivity contribution in [2.45, 2.75) is 36.1 Å². The summed E-state index contributed by atoms with van der Waals surface area (Å²) in [6, 6.07) is 4.59. The Morgan fingerprint density at radius 2 is 2.35 bits per heavy atom. The van der Waals surface area contributed by atoms with Crippen LogP contribution in [-0.2, 0) is 19.4 Å². The third kappa shape index (κ3) is 3.34. The standard InChI is InChI=1S/C13H18N2O4S/c1-10(13(16)15-9-11-5-4-8-19-11)20(17,18)12-6-2-3-7-14-12/h2-3,6-7,10-11H,4-5,8-9H2,1H3,(H,15,16). The second kappa shape index (κ2) is 6.32. The average Bonchev–Trinajstić information content (AvgIpc) is 2.98. The fourth-order valence-corrected chi connectivity index (χ4v) is 3.20. The Morgan fingerprint density at radius 3 is 2.95 bits per heavy atom. The Kier molecular flexibility index (Phi) is 4.72. The summed E-state index contributed by atoms with van der Waals surface area (Å²) >= 11 is 0. The van der Waals surface area contributed by atoms with Gasteiger partial charge in [-0.05, 0) is 31.9 Å². The Hall–Kier alpha value is -1.47. The molecule has 1 saturated heterocycles. The molecule has 1 amide bonds. The molecule has 2 atom stereocenters. The highest BCUT2D eigenvalue weighted by atomic mass is 32.2. The van der Waals surface area contributed by atoms with Gasteiger partial charge in [0.1, 0.15) is 5.25 Å². The Labute approximate surface area is 118 Å². The van der Waals surface area contributed by atoms with E-state index in [1.165, 1.54) is 19.2 Å². The van der Waals surface area contributed by atoms with Crippen molar-refractivity contribution in [2.24, 2.45) is 0 Å². The summed E-state index contributed by atoms with van der Waals surface area (Å²) in [5.41, 5.74) is 0. The topological polar surface area (TPSA) is 85.4 Å². The third-order valence-corrected chi connectivity index (χ3v) is 5.26. The molecule has 0 radical (unpaired) electrons. The second-order valence-corrected chi connectivity index (χ2v) is 6.95. The van der Waals surface area contributed by atoms with E-state index in [0.717, 1.165) is 12.8 Å². The Morgan fingerprint density at radius 1 is 1.55 bits per heavy atom. The lowest BCUT2D eigenvalue weighted by Crippen LogP contribution is -2.41. The molecule has 0 saturated carbocycles. The van der Waals surface area contributed by atoms with E-state index in [0.29, 0.717) is 13.2 Å². The van der Waals surface area contributed by atoms with Gasteiger partial charge in [-0.3, -0.25) is 4.79 Å². The molecule has 1 aliphatic rings. The van der Waals surface area contributed by atoms with Gasteiger partial charge in [0.2, 0.25) is 15.7 Å². The van der Waals surface area contributed by atoms with Crippen molar-refractivity contribution in [1.82, 2.24) is 10.3 Å². The fourth-order valence-electron chi connectivity index (χ4n) is 2.00. The lowest BCUT2D eigenvalue weighted by molar-refractivity contribution is -0.120. The number of carbonyl (C=O) groups excluding carboxylic acids is 1. The van der Waals surface area contributed by atoms with Gasteiger partial charge >= 0.3 is 0 Å². The predicted octanol–water partition coefficient (Wildman–Crippen LogP) is 0.539. The summed E-state index contributed by atoms with van der Waals surface area (Å²) in [6.45, 7) is 2.41. The molecule has 0 aromatic carbocycles. The first-order valence-electron chi connectivity index (χ1n) is 6.56. The number of hydrogen-bond acceptors (Lipinski definition) is 5. The zero-order chi connectivity index (χ0) is 14.6. The highest BCUT2D eigenvalue weighted by molar-refractivity contribution is 7.92. The number of ether oxygens (including phenoxy) is 1. The van der Waals surface area contributed by atoms with Crippen LogP contribution >= 0.6 is 0 Å². The summed E-state index contributed by atoms with van der Waals surface area (Å²) in [5, 5.41) is 1.38. The predicted molar refractivity (Wildman–Crippen MR) is 72.9 cm³/mol. The van der Waals surface area contributed by atoms with Crippen LogP contribution in [0.25, 0.3) is 0 Å². The molecule has 6 nitrogen and oxygen atoms in total. The molecule has 1 aliphatic heterocycles. The maximum absolute atomic E-state index is 12.2. The zero-order valence-corrected chi connectivity index (χ0v) is 12.1. The summed E-state index contributed by atoms with van der Waals surface area (Å²) < 4.78 is 29.8. The summed E-state index contributed by atoms with van der Waals surface area (Å²) in [4.78, 5) is 15.7. The molecule has 1 fully saturated rings. The number of aromatic nitrogens is 1. The lowest BCUT2D eigenvalue weighted by atomic mass is 10.2. The van der Waals surface area contributed by atoms with E-state index in [2.05, 4.69) is 10.3 Å². The van der Waals surface area contributed by atoms with Crippen LogP contribution in [-0.4, -0.2) is 43.8 Å². The van der Waals surface area contributed by atoms with Crippen molar-refractivity contribution in [2.75, 3.05) is 13.2 Å². The van der Waals surface area contributed by atoms with Crippen molar-refractivity contribution >= 4 is 15.7 Å². The van der Waals surface area contributed by atoms with Gasteiger partial charge in [0.15, 0.2) is 5.03 Å². The highest BCUT2D eigenvalue weighted by Crippen LogP contribution is 2.14. The minimum atomic E-state index is -3.75. The van der Waals surface area contributed by atoms with E-state index < -0.39 is 21.0 Å². The molecule has 110 valence electrons. The monoisotopic (exact) mass is 298 g/mol. The maximum atomic E-state index is 12.2. The molecule has 20 heavy (non-hydrogen) atoms. The molecule has 0 bridgehead atoms. The number of rotatable bonds is 5. The first-order valence-corrected chi connectivity index (χ1v) is 8.10. The molecule has 2 heterocycles. The van der Waals surface area contributed by atoms with Crippen LogP contribution in [0.4, 0.5) is 0 Å². The molecular weight excluding hydrogens is 280 g/mol. The van der Waals surface area contributed by atoms with Crippen molar-refractivity contribution in [1.29, 1.82) is 0 Å². The second-order valence-electron chi connectivity index (χ2n) is 4.74. The first-order chi connectivity index (χ1) is 9.51. The molecule has 1 aromatic heterocycles. The Bertz CT molecular complexity index is 553. The summed E-state index contributed by atoms with van der Waals surface area (Å²) in [6.07, 6.45) is 3.25. The van der Waals surface area contributed by atoms with Gasteiger partial charge in [-0.1, -0.05) is 6.07 Å². The maximum Gasteiger partial charge on any atom is 0.238 e. The number of nitrogens with one attached hydrogen (secondary N) is 1. The van der Waals surface area contributed by atoms with E-state index >= 15 is 0 Å². The minimum Gasteiger partial charge on any atom is -0.376 e. The smallest absolute Gasteiger partial charge is 0.238 e. The van der Waals surface area contributed by atoms with Crippen LogP contribution in [0.15, 0.2) is 29.4 Å². The van der Waals surface area contributed by atoms with Gasteiger partial charge in [0, 0.05) is 19.3 Å². The first kappa shape index (κ1) is 14.9. The molecule has 1 aromatic rings. The van der Waals surface area contributed by atoms with Crippen molar-refractivity contribution < 1.29 is 17.9 Å². The molecule has 2 unspecified atom stereocenters. The largest absolute Gasteiger partial charge is 0.376 e. The van der Waals surface area contributed by atoms with Gasteiger partial charge < -0.3 is 10.1 Å². The van der Waals surface area contributed by atoms with Crippen LogP contribution in [0, 0.1) is 0 Å². The van der Waals surface area contributed by atoms with Crippen molar-refractivity contribution in [3.05, 3.63) is 24.4 Å². The fraction of sp³-hybridized carbons (Fsp3) is 0.538. The van der Waals surface area contributed by atoms with Gasteiger partial charge in [0.05, 0.1) is 6.10 Å². The molecule has 0 aliphatic carbocycles. The molecule has 0 spiro atoms. The average molecular weight is 298 g/mol. The number of hydrogen-bond donors (Lipinski definition) is 1. The highest BCUT2D eigenvalue weighted by Gasteiger charge is 2.31. The van der Waals surface area contributed by atoms with E-state index in [4.69, 9.17) is 4.74 Å². The molecule has 1 N–H and O–H groups in total. The number of amides is 1. The number of nitrogens with zero attached hydrogens (tertiary/aromatic N) is 1. The van der Waals surface area contributed by atoms with Gasteiger partial charge in [-0.2, -0.15) is 0 Å². The van der Waals surface area contributed by atoms with Crippen LogP contribution in [0.1, 0.15) is 19.8 Å². The summed E-state index contributed by atoms with van der Waals surface area (Å²) in [7, 11) is -3.75. The minimum absolute atomic E-state index is 0.0105. The van der Waals surface area contributed by atoms with Crippen LogP contribution in [0.3, 0.4) is 0 Å². The van der Waals surface area contributed by atoms with E-state index in [1.54, 1.807) is 12.1 Å². The van der Waals surface area contributed by atoms with Gasteiger partial charge in [-0.25, -0.2) is 13.4 Å².